The number of aromatic nitrogens is 1. The molecule has 0 N–H and O–H groups in total. The Kier molecular flexibility index (Phi) is 2.22. The molecule has 1 rings (SSSR count). The summed E-state index contributed by atoms with van der Waals surface area (Å²) >= 11 is 0. The zero-order valence-corrected chi connectivity index (χ0v) is 6.70. The van der Waals surface area contributed by atoms with Gasteiger partial charge in [-0.15, -0.1) is 0 Å². The quantitative estimate of drug-likeness (QED) is 0.607. The van der Waals surface area contributed by atoms with Crippen LogP contribution in [0, 0.1) is 18.3 Å². The fraction of sp³-hybridized carbons (Fsp3) is 0.333. The van der Waals surface area contributed by atoms with E-state index in [0.717, 1.165) is 11.3 Å². The summed E-state index contributed by atoms with van der Waals surface area (Å²) in [6.45, 7) is 3.80. The van der Waals surface area contributed by atoms with Gasteiger partial charge in [0.2, 0.25) is 0 Å². The Morgan fingerprint density at radius 3 is 2.73 bits per heavy atom. The zero-order valence-electron chi connectivity index (χ0n) is 6.70. The third-order valence-electron chi connectivity index (χ3n) is 1.63. The first-order chi connectivity index (χ1) is 5.24. The molecule has 11 heavy (non-hydrogen) atoms. The summed E-state index contributed by atoms with van der Waals surface area (Å²) < 4.78 is 0. The monoisotopic (exact) mass is 146 g/mol. The van der Waals surface area contributed by atoms with Gasteiger partial charge in [-0.25, -0.2) is 0 Å². The lowest BCUT2D eigenvalue weighted by molar-refractivity contribution is 0.960. The normalized spacial score (nSPS) is 12.1. The van der Waals surface area contributed by atoms with Gasteiger partial charge in [0.25, 0.3) is 0 Å². The van der Waals surface area contributed by atoms with Crippen molar-refractivity contribution in [1.29, 1.82) is 5.26 Å². The van der Waals surface area contributed by atoms with E-state index >= 15 is 0 Å². The lowest BCUT2D eigenvalue weighted by atomic mass is 10.1. The summed E-state index contributed by atoms with van der Waals surface area (Å²) in [6.07, 6.45) is 1.75. The molecule has 1 atom stereocenters. The van der Waals surface area contributed by atoms with Crippen LogP contribution in [-0.2, 0) is 0 Å². The molecule has 1 unspecified atom stereocenters. The number of nitriles is 1. The zero-order chi connectivity index (χ0) is 8.27. The first kappa shape index (κ1) is 7.74. The molecule has 0 spiro atoms. The van der Waals surface area contributed by atoms with Crippen LogP contribution in [0.2, 0.25) is 0 Å². The molecule has 56 valence electrons. The van der Waals surface area contributed by atoms with Crippen molar-refractivity contribution in [3.8, 4) is 6.07 Å². The van der Waals surface area contributed by atoms with E-state index in [2.05, 4.69) is 11.1 Å². The summed E-state index contributed by atoms with van der Waals surface area (Å²) in [5, 5.41) is 8.58. The molecule has 1 aromatic heterocycles. The molecule has 0 amide bonds. The second-order valence-electron chi connectivity index (χ2n) is 2.58. The molecule has 2 heteroatoms. The Labute approximate surface area is 66.5 Å². The van der Waals surface area contributed by atoms with E-state index in [9.17, 15) is 0 Å². The standard InChI is InChI=1S/C9H10N2/c1-7(5-10)9-4-3-8(2)11-6-9/h3-4,6-7H,1-2H3. The number of hydrogen-bond donors (Lipinski definition) is 0. The van der Waals surface area contributed by atoms with E-state index in [4.69, 9.17) is 5.26 Å². The molecule has 0 aliphatic rings. The molecule has 0 saturated carbocycles. The predicted octanol–water partition coefficient (Wildman–Crippen LogP) is 2.02. The molecule has 0 radical (unpaired) electrons. The van der Waals surface area contributed by atoms with E-state index in [1.807, 2.05) is 26.0 Å². The van der Waals surface area contributed by atoms with E-state index in [-0.39, 0.29) is 5.92 Å². The van der Waals surface area contributed by atoms with Crippen molar-refractivity contribution in [2.45, 2.75) is 19.8 Å². The maximum absolute atomic E-state index is 8.58. The molecular formula is C9H10N2. The lowest BCUT2D eigenvalue weighted by Crippen LogP contribution is -1.90. The SMILES string of the molecule is Cc1ccc(C(C)C#N)cn1. The molecule has 0 aromatic carbocycles. The minimum Gasteiger partial charge on any atom is -0.261 e. The summed E-state index contributed by atoms with van der Waals surface area (Å²) in [7, 11) is 0. The molecule has 1 aromatic rings. The van der Waals surface area contributed by atoms with Gasteiger partial charge in [0.05, 0.1) is 12.0 Å². The highest BCUT2D eigenvalue weighted by atomic mass is 14.7. The van der Waals surface area contributed by atoms with Crippen LogP contribution in [0.5, 0.6) is 0 Å². The Balaban J connectivity index is 2.92. The van der Waals surface area contributed by atoms with E-state index < -0.39 is 0 Å². The summed E-state index contributed by atoms with van der Waals surface area (Å²) in [6, 6.07) is 6.02. The number of aryl methyl sites for hydroxylation is 1. The van der Waals surface area contributed by atoms with Gasteiger partial charge in [0.15, 0.2) is 0 Å². The topological polar surface area (TPSA) is 36.7 Å². The van der Waals surface area contributed by atoms with Gasteiger partial charge < -0.3 is 0 Å². The molecule has 1 heterocycles. The van der Waals surface area contributed by atoms with Crippen molar-refractivity contribution in [3.05, 3.63) is 29.6 Å². The molecule has 0 bridgehead atoms. The van der Waals surface area contributed by atoms with Gasteiger partial charge in [-0.1, -0.05) is 6.07 Å². The van der Waals surface area contributed by atoms with Gasteiger partial charge in [-0.3, -0.25) is 4.98 Å². The van der Waals surface area contributed by atoms with Gasteiger partial charge in [0.1, 0.15) is 0 Å². The van der Waals surface area contributed by atoms with Gasteiger partial charge in [-0.05, 0) is 25.5 Å². The first-order valence-corrected chi connectivity index (χ1v) is 3.56. The van der Waals surface area contributed by atoms with E-state index in [0.29, 0.717) is 0 Å². The average Bonchev–Trinajstić information content (AvgIpc) is 2.05. The summed E-state index contributed by atoms with van der Waals surface area (Å²) in [5.74, 6) is -0.0527. The highest BCUT2D eigenvalue weighted by molar-refractivity contribution is 5.21. The van der Waals surface area contributed by atoms with Crippen molar-refractivity contribution >= 4 is 0 Å². The van der Waals surface area contributed by atoms with Crippen LogP contribution < -0.4 is 0 Å². The van der Waals surface area contributed by atoms with Crippen molar-refractivity contribution in [2.24, 2.45) is 0 Å². The van der Waals surface area contributed by atoms with Crippen LogP contribution >= 0.6 is 0 Å². The third-order valence-corrected chi connectivity index (χ3v) is 1.63. The summed E-state index contributed by atoms with van der Waals surface area (Å²) in [4.78, 5) is 4.10. The van der Waals surface area contributed by atoms with E-state index in [1.54, 1.807) is 6.20 Å². The summed E-state index contributed by atoms with van der Waals surface area (Å²) in [5.41, 5.74) is 1.97. The van der Waals surface area contributed by atoms with Crippen LogP contribution in [0.15, 0.2) is 18.3 Å². The Morgan fingerprint density at radius 2 is 2.27 bits per heavy atom. The van der Waals surface area contributed by atoms with Gasteiger partial charge >= 0.3 is 0 Å². The fourth-order valence-corrected chi connectivity index (χ4v) is 0.810. The highest BCUT2D eigenvalue weighted by Gasteiger charge is 2.01. The Morgan fingerprint density at radius 1 is 1.55 bits per heavy atom. The van der Waals surface area contributed by atoms with Crippen LogP contribution in [0.1, 0.15) is 24.1 Å². The minimum absolute atomic E-state index is 0.0527. The second-order valence-corrected chi connectivity index (χ2v) is 2.58. The Bertz CT molecular complexity index is 269. The maximum Gasteiger partial charge on any atom is 0.0701 e. The molecular weight excluding hydrogens is 136 g/mol. The minimum atomic E-state index is -0.0527. The highest BCUT2D eigenvalue weighted by Crippen LogP contribution is 2.11. The first-order valence-electron chi connectivity index (χ1n) is 3.56. The van der Waals surface area contributed by atoms with Crippen LogP contribution in [0.4, 0.5) is 0 Å². The Hall–Kier alpha value is -1.36. The third kappa shape index (κ3) is 1.78. The smallest absolute Gasteiger partial charge is 0.0701 e. The van der Waals surface area contributed by atoms with Crippen molar-refractivity contribution in [2.75, 3.05) is 0 Å². The van der Waals surface area contributed by atoms with Crippen molar-refractivity contribution < 1.29 is 0 Å². The molecule has 0 aliphatic carbocycles. The predicted molar refractivity (Wildman–Crippen MR) is 43.0 cm³/mol. The number of pyridine rings is 1. The molecule has 0 saturated heterocycles. The lowest BCUT2D eigenvalue weighted by Gasteiger charge is -2.00. The molecule has 0 aliphatic heterocycles. The average molecular weight is 146 g/mol. The fourth-order valence-electron chi connectivity index (χ4n) is 0.810. The van der Waals surface area contributed by atoms with Crippen molar-refractivity contribution in [3.63, 3.8) is 0 Å². The van der Waals surface area contributed by atoms with Crippen molar-refractivity contribution in [1.82, 2.24) is 4.98 Å². The molecule has 2 nitrogen and oxygen atoms in total. The van der Waals surface area contributed by atoms with Gasteiger partial charge in [0, 0.05) is 11.9 Å². The van der Waals surface area contributed by atoms with E-state index in [1.165, 1.54) is 0 Å². The van der Waals surface area contributed by atoms with Crippen LogP contribution in [0.3, 0.4) is 0 Å². The largest absolute Gasteiger partial charge is 0.261 e. The molecule has 0 fully saturated rings. The van der Waals surface area contributed by atoms with Crippen LogP contribution in [0.25, 0.3) is 0 Å². The van der Waals surface area contributed by atoms with Gasteiger partial charge in [-0.2, -0.15) is 5.26 Å². The van der Waals surface area contributed by atoms with Crippen LogP contribution in [-0.4, -0.2) is 4.98 Å². The second kappa shape index (κ2) is 3.16. The number of nitrogens with zero attached hydrogens (tertiary/aromatic N) is 2. The maximum atomic E-state index is 8.58. The number of hydrogen-bond acceptors (Lipinski definition) is 2. The number of rotatable bonds is 1.